The Morgan fingerprint density at radius 3 is 2.71 bits per heavy atom. The Morgan fingerprint density at radius 2 is 2.05 bits per heavy atom. The molecular formula is C16H19NO2S2. The van der Waals surface area contributed by atoms with Crippen LogP contribution >= 0.6 is 23.1 Å². The van der Waals surface area contributed by atoms with Gasteiger partial charge in [-0.3, -0.25) is 10.1 Å². The highest BCUT2D eigenvalue weighted by molar-refractivity contribution is 7.98. The summed E-state index contributed by atoms with van der Waals surface area (Å²) < 4.78 is 0. The average molecular weight is 321 g/mol. The zero-order valence-electron chi connectivity index (χ0n) is 11.9. The van der Waals surface area contributed by atoms with Crippen LogP contribution in [0.5, 0.6) is 0 Å². The van der Waals surface area contributed by atoms with Crippen molar-refractivity contribution in [1.29, 1.82) is 0 Å². The van der Waals surface area contributed by atoms with Crippen molar-refractivity contribution >= 4 is 29.1 Å². The van der Waals surface area contributed by atoms with Gasteiger partial charge in [-0.2, -0.15) is 11.8 Å². The van der Waals surface area contributed by atoms with Crippen molar-refractivity contribution in [2.24, 2.45) is 0 Å². The third-order valence-electron chi connectivity index (χ3n) is 3.15. The number of aliphatic carboxylic acids is 1. The zero-order valence-corrected chi connectivity index (χ0v) is 13.5. The minimum Gasteiger partial charge on any atom is -0.480 e. The summed E-state index contributed by atoms with van der Waals surface area (Å²) in [7, 11) is 0. The maximum Gasteiger partial charge on any atom is 0.320 e. The summed E-state index contributed by atoms with van der Waals surface area (Å²) in [6, 6.07) is 13.9. The second-order valence-corrected chi connectivity index (χ2v) is 6.84. The van der Waals surface area contributed by atoms with Crippen molar-refractivity contribution in [2.45, 2.75) is 19.0 Å². The van der Waals surface area contributed by atoms with Crippen LogP contribution in [0.1, 0.15) is 11.3 Å². The van der Waals surface area contributed by atoms with E-state index in [4.69, 9.17) is 0 Å². The van der Waals surface area contributed by atoms with Gasteiger partial charge in [-0.1, -0.05) is 30.3 Å². The van der Waals surface area contributed by atoms with Gasteiger partial charge in [0, 0.05) is 16.3 Å². The monoisotopic (exact) mass is 321 g/mol. The Bertz CT molecular complexity index is 569. The standard InChI is InChI=1S/C16H19NO2S2/c1-20-10-9-14(16(18)19)17-11-13-7-8-15(21-13)12-5-3-2-4-6-12/h2-8,14,17H,9-11H2,1H3,(H,18,19)/t14-/m0/s1. The summed E-state index contributed by atoms with van der Waals surface area (Å²) in [6.45, 7) is 0.600. The molecule has 0 bridgehead atoms. The van der Waals surface area contributed by atoms with Gasteiger partial charge in [0.25, 0.3) is 0 Å². The number of carboxylic acid groups (broad SMARTS) is 1. The van der Waals surface area contributed by atoms with Gasteiger partial charge in [0.05, 0.1) is 0 Å². The van der Waals surface area contributed by atoms with Crippen molar-refractivity contribution in [3.63, 3.8) is 0 Å². The third-order valence-corrected chi connectivity index (χ3v) is 4.93. The van der Waals surface area contributed by atoms with Gasteiger partial charge in [-0.05, 0) is 36.1 Å². The van der Waals surface area contributed by atoms with Crippen molar-refractivity contribution < 1.29 is 9.90 Å². The van der Waals surface area contributed by atoms with E-state index in [-0.39, 0.29) is 0 Å². The largest absolute Gasteiger partial charge is 0.480 e. The van der Waals surface area contributed by atoms with Gasteiger partial charge in [-0.15, -0.1) is 11.3 Å². The molecule has 1 atom stereocenters. The van der Waals surface area contributed by atoms with Crippen LogP contribution in [-0.4, -0.2) is 29.1 Å². The minimum atomic E-state index is -0.774. The minimum absolute atomic E-state index is 0.472. The van der Waals surface area contributed by atoms with Crippen LogP contribution in [0, 0.1) is 0 Å². The van der Waals surface area contributed by atoms with E-state index in [0.717, 1.165) is 10.6 Å². The Morgan fingerprint density at radius 1 is 1.29 bits per heavy atom. The second kappa shape index (κ2) is 8.22. The first-order chi connectivity index (χ1) is 10.2. The molecule has 1 aromatic heterocycles. The number of thiophene rings is 1. The quantitative estimate of drug-likeness (QED) is 0.778. The van der Waals surface area contributed by atoms with Crippen molar-refractivity contribution in [2.75, 3.05) is 12.0 Å². The van der Waals surface area contributed by atoms with Crippen LogP contribution in [0.3, 0.4) is 0 Å². The van der Waals surface area contributed by atoms with E-state index in [1.165, 1.54) is 10.4 Å². The molecule has 0 fully saturated rings. The Hall–Kier alpha value is -1.30. The molecule has 0 amide bonds. The van der Waals surface area contributed by atoms with Crippen molar-refractivity contribution in [3.05, 3.63) is 47.3 Å². The highest BCUT2D eigenvalue weighted by Crippen LogP contribution is 2.27. The Labute approximate surface area is 133 Å². The summed E-state index contributed by atoms with van der Waals surface area (Å²) in [4.78, 5) is 13.6. The first-order valence-electron chi connectivity index (χ1n) is 6.80. The van der Waals surface area contributed by atoms with Crippen LogP contribution in [0.4, 0.5) is 0 Å². The molecule has 0 aliphatic heterocycles. The van der Waals surface area contributed by atoms with Crippen LogP contribution in [0.15, 0.2) is 42.5 Å². The Kier molecular flexibility index (Phi) is 6.29. The summed E-state index contributed by atoms with van der Waals surface area (Å²) in [5.74, 6) is 0.0767. The number of carboxylic acids is 1. The lowest BCUT2D eigenvalue weighted by Crippen LogP contribution is -2.36. The molecule has 112 valence electrons. The summed E-state index contributed by atoms with van der Waals surface area (Å²) >= 11 is 3.37. The van der Waals surface area contributed by atoms with Crippen molar-refractivity contribution in [1.82, 2.24) is 5.32 Å². The van der Waals surface area contributed by atoms with E-state index < -0.39 is 12.0 Å². The number of hydrogen-bond acceptors (Lipinski definition) is 4. The molecule has 2 aromatic rings. The van der Waals surface area contributed by atoms with Gasteiger partial charge in [0.15, 0.2) is 0 Å². The molecule has 2 rings (SSSR count). The fourth-order valence-corrected chi connectivity index (χ4v) is 3.44. The first kappa shape index (κ1) is 16.1. The lowest BCUT2D eigenvalue weighted by Gasteiger charge is -2.12. The molecule has 2 N–H and O–H groups in total. The number of hydrogen-bond donors (Lipinski definition) is 2. The molecule has 0 aliphatic rings. The van der Waals surface area contributed by atoms with Crippen LogP contribution in [-0.2, 0) is 11.3 Å². The lowest BCUT2D eigenvalue weighted by atomic mass is 10.2. The lowest BCUT2D eigenvalue weighted by molar-refractivity contribution is -0.139. The van der Waals surface area contributed by atoms with E-state index in [9.17, 15) is 9.90 Å². The van der Waals surface area contributed by atoms with Crippen LogP contribution in [0.25, 0.3) is 10.4 Å². The fourth-order valence-electron chi connectivity index (χ4n) is 2.00. The van der Waals surface area contributed by atoms with E-state index in [1.807, 2.05) is 24.5 Å². The van der Waals surface area contributed by atoms with E-state index >= 15 is 0 Å². The second-order valence-electron chi connectivity index (χ2n) is 4.69. The molecular weight excluding hydrogens is 302 g/mol. The van der Waals surface area contributed by atoms with E-state index in [1.54, 1.807) is 23.1 Å². The molecule has 0 aliphatic carbocycles. The topological polar surface area (TPSA) is 49.3 Å². The van der Waals surface area contributed by atoms with Gasteiger partial charge in [-0.25, -0.2) is 0 Å². The number of benzene rings is 1. The highest BCUT2D eigenvalue weighted by atomic mass is 32.2. The number of nitrogens with one attached hydrogen (secondary N) is 1. The Balaban J connectivity index is 1.94. The highest BCUT2D eigenvalue weighted by Gasteiger charge is 2.16. The van der Waals surface area contributed by atoms with Crippen LogP contribution < -0.4 is 5.32 Å². The van der Waals surface area contributed by atoms with E-state index in [2.05, 4.69) is 29.6 Å². The predicted molar refractivity (Wildman–Crippen MR) is 91.0 cm³/mol. The average Bonchev–Trinajstić information content (AvgIpc) is 2.97. The number of carbonyl (C=O) groups is 1. The number of rotatable bonds is 8. The maximum atomic E-state index is 11.2. The molecule has 1 heterocycles. The number of thioether (sulfide) groups is 1. The molecule has 0 saturated carbocycles. The van der Waals surface area contributed by atoms with Crippen LogP contribution in [0.2, 0.25) is 0 Å². The van der Waals surface area contributed by atoms with Gasteiger partial charge in [0.2, 0.25) is 0 Å². The van der Waals surface area contributed by atoms with Gasteiger partial charge in [0.1, 0.15) is 6.04 Å². The third kappa shape index (κ3) is 4.88. The smallest absolute Gasteiger partial charge is 0.320 e. The summed E-state index contributed by atoms with van der Waals surface area (Å²) in [5.41, 5.74) is 1.20. The summed E-state index contributed by atoms with van der Waals surface area (Å²) in [6.07, 6.45) is 2.64. The zero-order chi connectivity index (χ0) is 15.1. The molecule has 1 aromatic carbocycles. The maximum absolute atomic E-state index is 11.2. The van der Waals surface area contributed by atoms with Gasteiger partial charge >= 0.3 is 5.97 Å². The molecule has 0 unspecified atom stereocenters. The molecule has 5 heteroatoms. The molecule has 0 saturated heterocycles. The van der Waals surface area contributed by atoms with Crippen molar-refractivity contribution in [3.8, 4) is 10.4 Å². The molecule has 21 heavy (non-hydrogen) atoms. The molecule has 0 radical (unpaired) electrons. The first-order valence-corrected chi connectivity index (χ1v) is 9.01. The molecule has 3 nitrogen and oxygen atoms in total. The normalized spacial score (nSPS) is 12.2. The SMILES string of the molecule is CSCC[C@H](NCc1ccc(-c2ccccc2)s1)C(=O)O. The molecule has 0 spiro atoms. The van der Waals surface area contributed by atoms with E-state index in [0.29, 0.717) is 13.0 Å². The summed E-state index contributed by atoms with van der Waals surface area (Å²) in [5, 5.41) is 12.3. The fraction of sp³-hybridized carbons (Fsp3) is 0.312. The predicted octanol–water partition coefficient (Wildman–Crippen LogP) is 3.71. The van der Waals surface area contributed by atoms with Gasteiger partial charge < -0.3 is 5.11 Å².